The van der Waals surface area contributed by atoms with E-state index in [1.165, 1.54) is 7.11 Å². The number of rotatable bonds is 3. The summed E-state index contributed by atoms with van der Waals surface area (Å²) < 4.78 is 4.53. The van der Waals surface area contributed by atoms with Crippen molar-refractivity contribution in [2.75, 3.05) is 12.8 Å². The summed E-state index contributed by atoms with van der Waals surface area (Å²) >= 11 is 11.6. The Hall–Kier alpha value is -0.930. The fraction of sp³-hybridized carbons (Fsp3) is 0.300. The average molecular weight is 248 g/mol. The summed E-state index contributed by atoms with van der Waals surface area (Å²) in [6, 6.07) is 3.42. The number of nitrogen functional groups attached to an aromatic ring is 1. The van der Waals surface area contributed by atoms with Gasteiger partial charge in [-0.2, -0.15) is 0 Å². The monoisotopic (exact) mass is 247 g/mol. The van der Waals surface area contributed by atoms with Gasteiger partial charge >= 0.3 is 5.97 Å². The highest BCUT2D eigenvalue weighted by Crippen LogP contribution is 2.31. The summed E-state index contributed by atoms with van der Waals surface area (Å²) in [6.45, 7) is 0. The second-order valence-electron chi connectivity index (χ2n) is 3.01. The predicted octanol–water partition coefficient (Wildman–Crippen LogP) is 2.68. The largest absolute Gasteiger partial charge is 0.469 e. The highest BCUT2D eigenvalue weighted by molar-refractivity contribution is 6.43. The van der Waals surface area contributed by atoms with E-state index >= 15 is 0 Å². The molecule has 5 heteroatoms. The van der Waals surface area contributed by atoms with E-state index in [1.807, 2.05) is 0 Å². The Morgan fingerprint density at radius 2 is 2.13 bits per heavy atom. The van der Waals surface area contributed by atoms with E-state index in [0.717, 1.165) is 5.56 Å². The van der Waals surface area contributed by atoms with Crippen molar-refractivity contribution in [2.24, 2.45) is 0 Å². The number of ether oxygens (including phenoxy) is 1. The molecule has 0 amide bonds. The van der Waals surface area contributed by atoms with Crippen LogP contribution < -0.4 is 5.73 Å². The van der Waals surface area contributed by atoms with Crippen LogP contribution in [0.5, 0.6) is 0 Å². The molecule has 0 aromatic heterocycles. The summed E-state index contributed by atoms with van der Waals surface area (Å²) in [7, 11) is 1.35. The molecule has 0 atom stereocenters. The zero-order valence-corrected chi connectivity index (χ0v) is 9.73. The molecule has 0 saturated carbocycles. The van der Waals surface area contributed by atoms with Crippen molar-refractivity contribution in [2.45, 2.75) is 12.8 Å². The molecule has 15 heavy (non-hydrogen) atoms. The lowest BCUT2D eigenvalue weighted by atomic mass is 10.1. The number of aryl methyl sites for hydroxylation is 1. The quantitative estimate of drug-likeness (QED) is 0.660. The Morgan fingerprint density at radius 1 is 1.47 bits per heavy atom. The molecule has 1 rings (SSSR count). The number of esters is 1. The Bertz CT molecular complexity index is 380. The first-order valence-corrected chi connectivity index (χ1v) is 5.11. The van der Waals surface area contributed by atoms with Crippen LogP contribution in [0.2, 0.25) is 10.0 Å². The molecule has 0 aliphatic rings. The highest BCUT2D eigenvalue weighted by atomic mass is 35.5. The molecule has 0 spiro atoms. The normalized spacial score (nSPS) is 10.1. The molecule has 0 aliphatic heterocycles. The number of carbonyl (C=O) groups is 1. The van der Waals surface area contributed by atoms with Crippen molar-refractivity contribution < 1.29 is 9.53 Å². The van der Waals surface area contributed by atoms with Crippen LogP contribution in [0.1, 0.15) is 12.0 Å². The molecule has 0 fully saturated rings. The topological polar surface area (TPSA) is 52.3 Å². The van der Waals surface area contributed by atoms with Crippen LogP contribution in [-0.2, 0) is 16.0 Å². The minimum Gasteiger partial charge on any atom is -0.469 e. The molecule has 0 unspecified atom stereocenters. The molecule has 2 N–H and O–H groups in total. The second-order valence-corrected chi connectivity index (χ2v) is 3.80. The van der Waals surface area contributed by atoms with Crippen LogP contribution in [0, 0.1) is 0 Å². The van der Waals surface area contributed by atoms with Crippen LogP contribution in [0.3, 0.4) is 0 Å². The van der Waals surface area contributed by atoms with Crippen molar-refractivity contribution >= 4 is 34.9 Å². The van der Waals surface area contributed by atoms with Crippen molar-refractivity contribution in [3.05, 3.63) is 27.7 Å². The number of carbonyl (C=O) groups excluding carboxylic acids is 1. The maximum Gasteiger partial charge on any atom is 0.305 e. The Balaban J connectivity index is 2.78. The first-order valence-electron chi connectivity index (χ1n) is 4.35. The number of hydrogen-bond donors (Lipinski definition) is 1. The molecule has 82 valence electrons. The van der Waals surface area contributed by atoms with Gasteiger partial charge in [-0.15, -0.1) is 0 Å². The number of halogens is 2. The van der Waals surface area contributed by atoms with Gasteiger partial charge in [0.25, 0.3) is 0 Å². The number of nitrogens with two attached hydrogens (primary N) is 1. The van der Waals surface area contributed by atoms with Crippen LogP contribution >= 0.6 is 23.2 Å². The fourth-order valence-electron chi connectivity index (χ4n) is 1.16. The summed E-state index contributed by atoms with van der Waals surface area (Å²) in [5, 5.41) is 0.745. The average Bonchev–Trinajstić information content (AvgIpc) is 2.24. The third-order valence-corrected chi connectivity index (χ3v) is 2.87. The molecule has 0 heterocycles. The Labute approximate surface area is 98.1 Å². The molecular weight excluding hydrogens is 237 g/mol. The highest BCUT2D eigenvalue weighted by Gasteiger charge is 2.09. The number of anilines is 1. The van der Waals surface area contributed by atoms with Gasteiger partial charge < -0.3 is 10.5 Å². The molecule has 0 aliphatic carbocycles. The maximum absolute atomic E-state index is 10.9. The number of hydrogen-bond acceptors (Lipinski definition) is 3. The zero-order chi connectivity index (χ0) is 11.4. The molecule has 1 aromatic rings. The molecule has 0 radical (unpaired) electrons. The first-order chi connectivity index (χ1) is 7.06. The lowest BCUT2D eigenvalue weighted by Gasteiger charge is -2.07. The minimum absolute atomic E-state index is 0.276. The van der Waals surface area contributed by atoms with E-state index in [9.17, 15) is 4.79 Å². The lowest BCUT2D eigenvalue weighted by molar-refractivity contribution is -0.140. The Morgan fingerprint density at radius 3 is 2.73 bits per heavy atom. The lowest BCUT2D eigenvalue weighted by Crippen LogP contribution is -2.04. The molecule has 1 aromatic carbocycles. The van der Waals surface area contributed by atoms with Gasteiger partial charge in [0.2, 0.25) is 0 Å². The number of benzene rings is 1. The van der Waals surface area contributed by atoms with E-state index in [2.05, 4.69) is 4.74 Å². The zero-order valence-electron chi connectivity index (χ0n) is 8.22. The van der Waals surface area contributed by atoms with E-state index < -0.39 is 0 Å². The van der Waals surface area contributed by atoms with Crippen molar-refractivity contribution in [1.82, 2.24) is 0 Å². The van der Waals surface area contributed by atoms with Gasteiger partial charge in [-0.1, -0.05) is 29.3 Å². The first kappa shape index (κ1) is 12.1. The van der Waals surface area contributed by atoms with Crippen LogP contribution in [-0.4, -0.2) is 13.1 Å². The van der Waals surface area contributed by atoms with Gasteiger partial charge in [-0.25, -0.2) is 0 Å². The predicted molar refractivity (Wildman–Crippen MR) is 61.2 cm³/mol. The summed E-state index contributed by atoms with van der Waals surface area (Å²) in [5.41, 5.74) is 6.97. The number of methoxy groups -OCH3 is 1. The van der Waals surface area contributed by atoms with E-state index in [1.54, 1.807) is 12.1 Å². The molecule has 3 nitrogen and oxygen atoms in total. The van der Waals surface area contributed by atoms with Gasteiger partial charge in [0.1, 0.15) is 0 Å². The van der Waals surface area contributed by atoms with Gasteiger partial charge in [-0.05, 0) is 18.1 Å². The van der Waals surface area contributed by atoms with E-state index in [4.69, 9.17) is 28.9 Å². The van der Waals surface area contributed by atoms with Crippen LogP contribution in [0.15, 0.2) is 12.1 Å². The van der Waals surface area contributed by atoms with Crippen LogP contribution in [0.25, 0.3) is 0 Å². The standard InChI is InChI=1S/C10H11Cl2NO2/c1-15-8(14)5-3-6-2-4-7(11)9(12)10(6)13/h2,4H,3,5,13H2,1H3. The summed E-state index contributed by atoms with van der Waals surface area (Å²) in [5.74, 6) is -0.277. The minimum atomic E-state index is -0.277. The van der Waals surface area contributed by atoms with Gasteiger partial charge in [-0.3, -0.25) is 4.79 Å². The third kappa shape index (κ3) is 3.01. The van der Waals surface area contributed by atoms with Crippen molar-refractivity contribution in [1.29, 1.82) is 0 Å². The van der Waals surface area contributed by atoms with Gasteiger partial charge in [0.15, 0.2) is 0 Å². The van der Waals surface area contributed by atoms with Crippen molar-refractivity contribution in [3.8, 4) is 0 Å². The molecular formula is C10H11Cl2NO2. The van der Waals surface area contributed by atoms with E-state index in [-0.39, 0.29) is 12.4 Å². The van der Waals surface area contributed by atoms with E-state index in [0.29, 0.717) is 22.2 Å². The van der Waals surface area contributed by atoms with Crippen LogP contribution in [0.4, 0.5) is 5.69 Å². The molecule has 0 bridgehead atoms. The molecule has 0 saturated heterocycles. The fourth-order valence-corrected chi connectivity index (χ4v) is 1.51. The van der Waals surface area contributed by atoms with Gasteiger partial charge in [0, 0.05) is 6.42 Å². The smallest absolute Gasteiger partial charge is 0.305 e. The van der Waals surface area contributed by atoms with Crippen molar-refractivity contribution in [3.63, 3.8) is 0 Å². The third-order valence-electron chi connectivity index (χ3n) is 2.05. The summed E-state index contributed by atoms with van der Waals surface area (Å²) in [4.78, 5) is 10.9. The maximum atomic E-state index is 10.9. The van der Waals surface area contributed by atoms with Gasteiger partial charge in [0.05, 0.1) is 22.8 Å². The SMILES string of the molecule is COC(=O)CCc1ccc(Cl)c(Cl)c1N. The summed E-state index contributed by atoms with van der Waals surface area (Å²) in [6.07, 6.45) is 0.772. The Kier molecular flexibility index (Phi) is 4.24. The second kappa shape index (κ2) is 5.24.